The van der Waals surface area contributed by atoms with Crippen molar-refractivity contribution >= 4 is 58.5 Å². The Morgan fingerprint density at radius 3 is 2.57 bits per heavy atom. The molecule has 0 bridgehead atoms. The average Bonchev–Trinajstić information content (AvgIpc) is 3.35. The maximum absolute atomic E-state index is 13.8. The molecule has 0 spiro atoms. The highest BCUT2D eigenvalue weighted by Gasteiger charge is 2.35. The number of hydrogen-bond donors (Lipinski definition) is 0. The van der Waals surface area contributed by atoms with Crippen LogP contribution in [0, 0.1) is 5.92 Å². The van der Waals surface area contributed by atoms with E-state index < -0.39 is 10.0 Å². The van der Waals surface area contributed by atoms with Crippen molar-refractivity contribution in [3.05, 3.63) is 77.0 Å². The second-order valence-corrected chi connectivity index (χ2v) is 12.6. The number of amides is 1. The van der Waals surface area contributed by atoms with Crippen molar-refractivity contribution < 1.29 is 17.9 Å². The summed E-state index contributed by atoms with van der Waals surface area (Å²) in [5.41, 5.74) is 1.58. The Labute approximate surface area is 228 Å². The summed E-state index contributed by atoms with van der Waals surface area (Å²) in [5.74, 6) is 0.216. The van der Waals surface area contributed by atoms with Crippen molar-refractivity contribution in [2.24, 2.45) is 5.92 Å². The van der Waals surface area contributed by atoms with Gasteiger partial charge in [-0.1, -0.05) is 33.3 Å². The Hall–Kier alpha value is -2.86. The zero-order valence-corrected chi connectivity index (χ0v) is 23.3. The third-order valence-electron chi connectivity index (χ3n) is 6.38. The number of pyridine rings is 1. The van der Waals surface area contributed by atoms with Gasteiger partial charge in [0.25, 0.3) is 0 Å². The minimum Gasteiger partial charge on any atom is -0.497 e. The SMILES string of the molecule is COc1ccc(S(=O)(=O)N2CCC(C(=O)N(Cc3ccccn3)c3nc4ccc(Br)cc4s3)CC2)cc1. The van der Waals surface area contributed by atoms with Gasteiger partial charge in [0, 0.05) is 29.7 Å². The number of thiazole rings is 1. The lowest BCUT2D eigenvalue weighted by Gasteiger charge is -2.33. The molecule has 37 heavy (non-hydrogen) atoms. The smallest absolute Gasteiger partial charge is 0.243 e. The van der Waals surface area contributed by atoms with Crippen molar-refractivity contribution in [1.29, 1.82) is 0 Å². The van der Waals surface area contributed by atoms with Crippen molar-refractivity contribution in [3.63, 3.8) is 0 Å². The van der Waals surface area contributed by atoms with Gasteiger partial charge in [0.15, 0.2) is 5.13 Å². The van der Waals surface area contributed by atoms with Crippen LogP contribution in [-0.2, 0) is 21.4 Å². The van der Waals surface area contributed by atoms with Crippen molar-refractivity contribution in [2.45, 2.75) is 24.3 Å². The monoisotopic (exact) mass is 600 g/mol. The molecule has 5 rings (SSSR count). The number of aromatic nitrogens is 2. The fraction of sp³-hybridized carbons (Fsp3) is 0.269. The molecule has 0 radical (unpaired) electrons. The largest absolute Gasteiger partial charge is 0.497 e. The Balaban J connectivity index is 1.35. The van der Waals surface area contributed by atoms with Crippen LogP contribution in [0.1, 0.15) is 18.5 Å². The molecule has 4 aromatic rings. The van der Waals surface area contributed by atoms with E-state index in [1.54, 1.807) is 35.4 Å². The molecule has 1 amide bonds. The molecule has 0 saturated carbocycles. The lowest BCUT2D eigenvalue weighted by atomic mass is 9.96. The van der Waals surface area contributed by atoms with Crippen LogP contribution < -0.4 is 9.64 Å². The standard InChI is InChI=1S/C26H25BrN4O4S2/c1-35-21-6-8-22(9-7-21)37(33,34)30-14-11-18(12-15-30)25(32)31(17-20-4-2-3-13-28-20)26-29-23-10-5-19(27)16-24(23)36-26/h2-10,13,16,18H,11-12,14-15,17H2,1H3. The third kappa shape index (κ3) is 5.54. The molecule has 0 unspecified atom stereocenters. The van der Waals surface area contributed by atoms with E-state index in [0.29, 0.717) is 30.3 Å². The van der Waals surface area contributed by atoms with Gasteiger partial charge < -0.3 is 4.74 Å². The molecule has 2 aromatic carbocycles. The van der Waals surface area contributed by atoms with E-state index in [4.69, 9.17) is 9.72 Å². The number of carbonyl (C=O) groups excluding carboxylic acids is 1. The van der Waals surface area contributed by atoms with Gasteiger partial charge in [-0.05, 0) is 67.4 Å². The second-order valence-electron chi connectivity index (χ2n) is 8.71. The minimum atomic E-state index is -3.65. The van der Waals surface area contributed by atoms with Gasteiger partial charge >= 0.3 is 0 Å². The number of methoxy groups -OCH3 is 1. The highest BCUT2D eigenvalue weighted by molar-refractivity contribution is 9.10. The number of rotatable bonds is 7. The number of anilines is 1. The maximum atomic E-state index is 13.8. The number of carbonyl (C=O) groups is 1. The van der Waals surface area contributed by atoms with Gasteiger partial charge in [-0.2, -0.15) is 4.31 Å². The first-order valence-corrected chi connectivity index (χ1v) is 14.8. The topological polar surface area (TPSA) is 92.7 Å². The summed E-state index contributed by atoms with van der Waals surface area (Å²) in [4.78, 5) is 24.9. The second kappa shape index (κ2) is 10.9. The summed E-state index contributed by atoms with van der Waals surface area (Å²) in [6, 6.07) is 17.8. The van der Waals surface area contributed by atoms with Crippen LogP contribution in [0.2, 0.25) is 0 Å². The van der Waals surface area contributed by atoms with E-state index in [-0.39, 0.29) is 29.8 Å². The maximum Gasteiger partial charge on any atom is 0.243 e. The van der Waals surface area contributed by atoms with Gasteiger partial charge in [0.05, 0.1) is 34.5 Å². The van der Waals surface area contributed by atoms with Gasteiger partial charge in [-0.25, -0.2) is 13.4 Å². The fourth-order valence-electron chi connectivity index (χ4n) is 4.36. The highest BCUT2D eigenvalue weighted by atomic mass is 79.9. The Morgan fingerprint density at radius 2 is 1.89 bits per heavy atom. The van der Waals surface area contributed by atoms with Crippen molar-refractivity contribution in [3.8, 4) is 5.75 Å². The number of ether oxygens (including phenoxy) is 1. The first-order valence-electron chi connectivity index (χ1n) is 11.8. The summed E-state index contributed by atoms with van der Waals surface area (Å²) < 4.78 is 34.8. The van der Waals surface area contributed by atoms with Crippen LogP contribution in [0.3, 0.4) is 0 Å². The summed E-state index contributed by atoms with van der Waals surface area (Å²) in [6.45, 7) is 0.842. The van der Waals surface area contributed by atoms with Crippen LogP contribution in [0.15, 0.2) is 76.2 Å². The van der Waals surface area contributed by atoms with Crippen molar-refractivity contribution in [1.82, 2.24) is 14.3 Å². The first kappa shape index (κ1) is 25.8. The summed E-state index contributed by atoms with van der Waals surface area (Å²) >= 11 is 4.95. The Bertz CT molecular complexity index is 1500. The lowest BCUT2D eigenvalue weighted by molar-refractivity contribution is -0.123. The molecule has 0 N–H and O–H groups in total. The van der Waals surface area contributed by atoms with Gasteiger partial charge in [0.2, 0.25) is 15.9 Å². The minimum absolute atomic E-state index is 0.0646. The zero-order chi connectivity index (χ0) is 26.0. The average molecular weight is 602 g/mol. The lowest BCUT2D eigenvalue weighted by Crippen LogP contribution is -2.44. The number of nitrogens with zero attached hydrogens (tertiary/aromatic N) is 4. The summed E-state index contributed by atoms with van der Waals surface area (Å²) in [7, 11) is -2.11. The molecule has 2 aromatic heterocycles. The molecular formula is C26H25BrN4O4S2. The molecule has 3 heterocycles. The van der Waals surface area contributed by atoms with Crippen LogP contribution in [0.4, 0.5) is 5.13 Å². The van der Waals surface area contributed by atoms with Gasteiger partial charge in [-0.15, -0.1) is 0 Å². The number of hydrogen-bond acceptors (Lipinski definition) is 7. The molecule has 1 aliphatic heterocycles. The Morgan fingerprint density at radius 1 is 1.14 bits per heavy atom. The van der Waals surface area contributed by atoms with Crippen LogP contribution in [0.25, 0.3) is 10.2 Å². The highest BCUT2D eigenvalue weighted by Crippen LogP contribution is 2.34. The van der Waals surface area contributed by atoms with E-state index in [1.807, 2.05) is 36.4 Å². The van der Waals surface area contributed by atoms with E-state index in [1.165, 1.54) is 22.8 Å². The molecular weight excluding hydrogens is 576 g/mol. The summed E-state index contributed by atoms with van der Waals surface area (Å²) in [5, 5.41) is 0.608. The van der Waals surface area contributed by atoms with Gasteiger partial charge in [-0.3, -0.25) is 14.7 Å². The molecule has 1 fully saturated rings. The number of benzene rings is 2. The third-order valence-corrected chi connectivity index (χ3v) is 9.83. The number of piperidine rings is 1. The first-order chi connectivity index (χ1) is 17.8. The number of halogens is 1. The predicted molar refractivity (Wildman–Crippen MR) is 147 cm³/mol. The molecule has 1 saturated heterocycles. The molecule has 11 heteroatoms. The predicted octanol–water partition coefficient (Wildman–Crippen LogP) is 5.10. The fourth-order valence-corrected chi connectivity index (χ4v) is 7.35. The Kier molecular flexibility index (Phi) is 7.57. The molecule has 8 nitrogen and oxygen atoms in total. The van der Waals surface area contributed by atoms with E-state index in [2.05, 4.69) is 20.9 Å². The van der Waals surface area contributed by atoms with Crippen LogP contribution in [0.5, 0.6) is 5.75 Å². The van der Waals surface area contributed by atoms with E-state index in [9.17, 15) is 13.2 Å². The zero-order valence-electron chi connectivity index (χ0n) is 20.1. The molecule has 0 aliphatic carbocycles. The number of sulfonamides is 1. The normalized spacial score (nSPS) is 15.1. The van der Waals surface area contributed by atoms with E-state index in [0.717, 1.165) is 20.4 Å². The number of fused-ring (bicyclic) bond motifs is 1. The quantitative estimate of drug-likeness (QED) is 0.293. The molecule has 192 valence electrons. The van der Waals surface area contributed by atoms with Crippen molar-refractivity contribution in [2.75, 3.05) is 25.1 Å². The summed E-state index contributed by atoms with van der Waals surface area (Å²) in [6.07, 6.45) is 2.57. The van der Waals surface area contributed by atoms with E-state index >= 15 is 0 Å². The molecule has 0 atom stereocenters. The van der Waals surface area contributed by atoms with Crippen LogP contribution in [-0.4, -0.2) is 48.8 Å². The van der Waals surface area contributed by atoms with Gasteiger partial charge in [0.1, 0.15) is 5.75 Å². The van der Waals surface area contributed by atoms with Crippen LogP contribution >= 0.6 is 27.3 Å². The molecule has 1 aliphatic rings.